The molecule has 0 radical (unpaired) electrons. The van der Waals surface area contributed by atoms with Crippen LogP contribution in [-0.4, -0.2) is 20.6 Å². The third kappa shape index (κ3) is 3.82. The molecule has 0 aliphatic carbocycles. The minimum Gasteiger partial charge on any atom is -0.398 e. The molecule has 0 aliphatic rings. The lowest BCUT2D eigenvalue weighted by atomic mass is 10.1. The van der Waals surface area contributed by atoms with E-state index in [2.05, 4.69) is 5.32 Å². The Morgan fingerprint density at radius 3 is 2.40 bits per heavy atom. The van der Waals surface area contributed by atoms with Gasteiger partial charge in [0.1, 0.15) is 5.25 Å². The minimum atomic E-state index is -1.20. The average Bonchev–Trinajstić information content (AvgIpc) is 2.41. The van der Waals surface area contributed by atoms with Gasteiger partial charge in [0.05, 0.1) is 0 Å². The van der Waals surface area contributed by atoms with Crippen LogP contribution in [0, 0.1) is 12.8 Å². The summed E-state index contributed by atoms with van der Waals surface area (Å²) in [4.78, 5) is 12.2. The smallest absolute Gasteiger partial charge is 0.239 e. The first kappa shape index (κ1) is 16.7. The number of rotatable bonds is 5. The summed E-state index contributed by atoms with van der Waals surface area (Å²) in [5.41, 5.74) is 7.95. The van der Waals surface area contributed by atoms with Gasteiger partial charge < -0.3 is 11.1 Å². The van der Waals surface area contributed by atoms with Crippen molar-refractivity contribution in [2.24, 2.45) is 5.92 Å². The number of amides is 1. The van der Waals surface area contributed by atoms with Crippen molar-refractivity contribution in [3.63, 3.8) is 0 Å². The molecule has 0 heterocycles. The van der Waals surface area contributed by atoms with Crippen LogP contribution in [0.3, 0.4) is 0 Å². The lowest BCUT2D eigenvalue weighted by molar-refractivity contribution is -0.115. The molecule has 1 aromatic rings. The molecule has 0 bridgehead atoms. The number of nitrogens with two attached hydrogens (primary N) is 1. The first-order valence-electron chi connectivity index (χ1n) is 6.81. The maximum Gasteiger partial charge on any atom is 0.239 e. The Morgan fingerprint density at radius 2 is 1.85 bits per heavy atom. The molecule has 3 unspecified atom stereocenters. The molecule has 20 heavy (non-hydrogen) atoms. The van der Waals surface area contributed by atoms with Crippen LogP contribution in [0.25, 0.3) is 0 Å². The second kappa shape index (κ2) is 6.88. The Kier molecular flexibility index (Phi) is 5.74. The van der Waals surface area contributed by atoms with E-state index >= 15 is 0 Å². The van der Waals surface area contributed by atoms with Crippen molar-refractivity contribution in [2.45, 2.75) is 45.1 Å². The van der Waals surface area contributed by atoms with Crippen molar-refractivity contribution in [1.82, 2.24) is 0 Å². The van der Waals surface area contributed by atoms with Crippen molar-refractivity contribution < 1.29 is 9.00 Å². The van der Waals surface area contributed by atoms with Gasteiger partial charge in [-0.3, -0.25) is 9.00 Å². The van der Waals surface area contributed by atoms with E-state index < -0.39 is 16.0 Å². The first-order chi connectivity index (χ1) is 9.25. The second-order valence-electron chi connectivity index (χ2n) is 5.43. The van der Waals surface area contributed by atoms with Gasteiger partial charge in [-0.05, 0) is 37.5 Å². The molecule has 1 aromatic carbocycles. The van der Waals surface area contributed by atoms with Crippen molar-refractivity contribution in [3.05, 3.63) is 23.8 Å². The fraction of sp³-hybridized carbons (Fsp3) is 0.533. The summed E-state index contributed by atoms with van der Waals surface area (Å²) < 4.78 is 12.3. The molecule has 0 aliphatic heterocycles. The largest absolute Gasteiger partial charge is 0.398 e. The van der Waals surface area contributed by atoms with E-state index in [4.69, 9.17) is 5.73 Å². The molecule has 0 spiro atoms. The molecule has 3 atom stereocenters. The number of carbonyl (C=O) groups is 1. The van der Waals surface area contributed by atoms with Crippen LogP contribution in [0.4, 0.5) is 11.4 Å². The normalized spacial score (nSPS) is 15.7. The minimum absolute atomic E-state index is 0.0160. The van der Waals surface area contributed by atoms with E-state index in [0.717, 1.165) is 5.56 Å². The van der Waals surface area contributed by atoms with Crippen LogP contribution in [0.5, 0.6) is 0 Å². The molecule has 4 nitrogen and oxygen atoms in total. The van der Waals surface area contributed by atoms with Crippen molar-refractivity contribution >= 4 is 28.1 Å². The predicted octanol–water partition coefficient (Wildman–Crippen LogP) is 2.70. The first-order valence-corrected chi connectivity index (χ1v) is 8.08. The van der Waals surface area contributed by atoms with E-state index in [1.54, 1.807) is 25.1 Å². The van der Waals surface area contributed by atoms with Gasteiger partial charge >= 0.3 is 0 Å². The summed E-state index contributed by atoms with van der Waals surface area (Å²) in [5.74, 6) is 0.0460. The Hall–Kier alpha value is -1.36. The highest BCUT2D eigenvalue weighted by Gasteiger charge is 2.26. The zero-order valence-electron chi connectivity index (χ0n) is 12.8. The van der Waals surface area contributed by atoms with E-state index in [0.29, 0.717) is 11.4 Å². The standard InChI is InChI=1S/C15H24N2O2S/c1-9(2)11(4)20(19)12(5)15(18)17-14-8-6-7-13(16)10(14)3/h6-9,11-12H,16H2,1-5H3,(H,17,18). The third-order valence-corrected chi connectivity index (χ3v) is 5.84. The van der Waals surface area contributed by atoms with Crippen LogP contribution in [-0.2, 0) is 15.6 Å². The fourth-order valence-corrected chi connectivity index (χ4v) is 3.17. The van der Waals surface area contributed by atoms with Gasteiger partial charge in [0.15, 0.2) is 0 Å². The maximum absolute atomic E-state index is 12.3. The summed E-state index contributed by atoms with van der Waals surface area (Å²) in [5, 5.41) is 2.25. The molecular weight excluding hydrogens is 272 g/mol. The Balaban J connectivity index is 2.81. The third-order valence-electron chi connectivity index (χ3n) is 3.66. The molecule has 0 fully saturated rings. The van der Waals surface area contributed by atoms with Crippen LogP contribution in [0.2, 0.25) is 0 Å². The molecule has 1 amide bonds. The summed E-state index contributed by atoms with van der Waals surface area (Å²) >= 11 is 0. The van der Waals surface area contributed by atoms with Gasteiger partial charge in [-0.25, -0.2) is 0 Å². The highest BCUT2D eigenvalue weighted by atomic mass is 32.2. The molecule has 0 aromatic heterocycles. The summed E-state index contributed by atoms with van der Waals surface area (Å²) in [6, 6.07) is 5.37. The summed E-state index contributed by atoms with van der Waals surface area (Å²) in [6.45, 7) is 9.48. The summed E-state index contributed by atoms with van der Waals surface area (Å²) in [6.07, 6.45) is 0. The second-order valence-corrected chi connectivity index (χ2v) is 7.54. The van der Waals surface area contributed by atoms with E-state index in [1.165, 1.54) is 0 Å². The van der Waals surface area contributed by atoms with Crippen LogP contribution in [0.1, 0.15) is 33.3 Å². The zero-order chi connectivity index (χ0) is 15.4. The van der Waals surface area contributed by atoms with Gasteiger partial charge in [-0.15, -0.1) is 0 Å². The van der Waals surface area contributed by atoms with Gasteiger partial charge in [0, 0.05) is 27.4 Å². The van der Waals surface area contributed by atoms with Crippen LogP contribution in [0.15, 0.2) is 18.2 Å². The number of nitrogens with one attached hydrogen (secondary N) is 1. The summed E-state index contributed by atoms with van der Waals surface area (Å²) in [7, 11) is -1.20. The van der Waals surface area contributed by atoms with Crippen molar-refractivity contribution in [3.8, 4) is 0 Å². The molecule has 0 saturated heterocycles. The fourth-order valence-electron chi connectivity index (χ4n) is 1.72. The topological polar surface area (TPSA) is 72.2 Å². The Labute approximate surface area is 123 Å². The van der Waals surface area contributed by atoms with Crippen molar-refractivity contribution in [2.75, 3.05) is 11.1 Å². The molecule has 5 heteroatoms. The number of hydrogen-bond acceptors (Lipinski definition) is 3. The SMILES string of the molecule is Cc1c(N)cccc1NC(=O)C(C)S(=O)C(C)C(C)C. The number of carbonyl (C=O) groups excluding carboxylic acids is 1. The molecule has 3 N–H and O–H groups in total. The van der Waals surface area contributed by atoms with E-state index in [1.807, 2.05) is 27.7 Å². The maximum atomic E-state index is 12.3. The lowest BCUT2D eigenvalue weighted by Crippen LogP contribution is -2.35. The number of anilines is 2. The van der Waals surface area contributed by atoms with Gasteiger partial charge in [-0.1, -0.05) is 26.8 Å². The van der Waals surface area contributed by atoms with E-state index in [-0.39, 0.29) is 17.1 Å². The van der Waals surface area contributed by atoms with Crippen LogP contribution >= 0.6 is 0 Å². The zero-order valence-corrected chi connectivity index (χ0v) is 13.6. The predicted molar refractivity (Wildman–Crippen MR) is 86.1 cm³/mol. The monoisotopic (exact) mass is 296 g/mol. The highest BCUT2D eigenvalue weighted by Crippen LogP contribution is 2.21. The van der Waals surface area contributed by atoms with Gasteiger partial charge in [0.2, 0.25) is 5.91 Å². The Morgan fingerprint density at radius 1 is 1.25 bits per heavy atom. The molecular formula is C15H24N2O2S. The van der Waals surface area contributed by atoms with Gasteiger partial charge in [-0.2, -0.15) is 0 Å². The highest BCUT2D eigenvalue weighted by molar-refractivity contribution is 7.87. The lowest BCUT2D eigenvalue weighted by Gasteiger charge is -2.20. The number of hydrogen-bond donors (Lipinski definition) is 2. The number of benzene rings is 1. The number of nitrogen functional groups attached to an aromatic ring is 1. The molecule has 1 rings (SSSR count). The average molecular weight is 296 g/mol. The Bertz CT molecular complexity index is 515. The van der Waals surface area contributed by atoms with E-state index in [9.17, 15) is 9.00 Å². The molecule has 0 saturated carbocycles. The molecule has 112 valence electrons. The van der Waals surface area contributed by atoms with Crippen molar-refractivity contribution in [1.29, 1.82) is 0 Å². The van der Waals surface area contributed by atoms with Gasteiger partial charge in [0.25, 0.3) is 0 Å². The van der Waals surface area contributed by atoms with Crippen LogP contribution < -0.4 is 11.1 Å². The quantitative estimate of drug-likeness (QED) is 0.821.